The van der Waals surface area contributed by atoms with Crippen molar-refractivity contribution in [3.05, 3.63) is 35.4 Å². The number of rotatable bonds is 2. The van der Waals surface area contributed by atoms with Crippen LogP contribution in [0.1, 0.15) is 35.8 Å². The summed E-state index contributed by atoms with van der Waals surface area (Å²) in [5.74, 6) is 1.48. The van der Waals surface area contributed by atoms with Crippen LogP contribution in [0.2, 0.25) is 0 Å². The lowest BCUT2D eigenvalue weighted by Crippen LogP contribution is -2.39. The van der Waals surface area contributed by atoms with E-state index in [0.29, 0.717) is 0 Å². The van der Waals surface area contributed by atoms with E-state index in [9.17, 15) is 0 Å². The molecule has 1 aromatic carbocycles. The highest BCUT2D eigenvalue weighted by atomic mass is 35.5. The predicted octanol–water partition coefficient (Wildman–Crippen LogP) is 2.69. The summed E-state index contributed by atoms with van der Waals surface area (Å²) < 4.78 is 5.40. The van der Waals surface area contributed by atoms with E-state index in [0.717, 1.165) is 38.1 Å². The summed E-state index contributed by atoms with van der Waals surface area (Å²) in [6.45, 7) is 4.16. The Morgan fingerprint density at radius 3 is 1.88 bits per heavy atom. The highest BCUT2D eigenvalue weighted by molar-refractivity contribution is 5.85. The summed E-state index contributed by atoms with van der Waals surface area (Å²) >= 11 is 0. The fourth-order valence-corrected chi connectivity index (χ4v) is 2.60. The van der Waals surface area contributed by atoms with Gasteiger partial charge in [-0.25, -0.2) is 0 Å². The molecule has 2 fully saturated rings. The van der Waals surface area contributed by atoms with E-state index in [2.05, 4.69) is 29.6 Å². The molecule has 1 aromatic rings. The fourth-order valence-electron chi connectivity index (χ4n) is 2.60. The molecule has 17 heavy (non-hydrogen) atoms. The van der Waals surface area contributed by atoms with Crippen LogP contribution in [-0.4, -0.2) is 26.3 Å². The molecule has 0 atom stereocenters. The molecule has 2 saturated heterocycles. The molecule has 2 aliphatic rings. The van der Waals surface area contributed by atoms with Crippen molar-refractivity contribution in [2.75, 3.05) is 26.3 Å². The van der Waals surface area contributed by atoms with Crippen molar-refractivity contribution in [3.8, 4) is 0 Å². The van der Waals surface area contributed by atoms with Crippen molar-refractivity contribution in [2.24, 2.45) is 0 Å². The minimum atomic E-state index is 0. The molecule has 0 spiro atoms. The Balaban J connectivity index is 0.00000108. The molecule has 3 heteroatoms. The standard InChI is InChI=1S/C14H19NO.ClH/c1-3-12(14-9-15-10-14)4-2-11(1)13-5-7-16-8-6-13;/h1-4,13-15H,5-10H2;1H. The van der Waals surface area contributed by atoms with Gasteiger partial charge in [-0.1, -0.05) is 24.3 Å². The van der Waals surface area contributed by atoms with E-state index in [1.807, 2.05) is 0 Å². The van der Waals surface area contributed by atoms with Crippen molar-refractivity contribution >= 4 is 12.4 Å². The molecule has 0 radical (unpaired) electrons. The summed E-state index contributed by atoms with van der Waals surface area (Å²) in [4.78, 5) is 0. The van der Waals surface area contributed by atoms with Gasteiger partial charge in [0.25, 0.3) is 0 Å². The summed E-state index contributed by atoms with van der Waals surface area (Å²) in [6, 6.07) is 9.28. The van der Waals surface area contributed by atoms with Gasteiger partial charge >= 0.3 is 0 Å². The first kappa shape index (κ1) is 12.9. The van der Waals surface area contributed by atoms with E-state index in [4.69, 9.17) is 4.74 Å². The lowest BCUT2D eigenvalue weighted by atomic mass is 9.88. The molecule has 0 bridgehead atoms. The second-order valence-electron chi connectivity index (χ2n) is 4.91. The van der Waals surface area contributed by atoms with E-state index < -0.39 is 0 Å². The SMILES string of the molecule is Cl.c1cc(C2CNC2)ccc1C1CCOCC1. The van der Waals surface area contributed by atoms with Gasteiger partial charge in [-0.3, -0.25) is 0 Å². The molecular formula is C14H20ClNO. The zero-order valence-electron chi connectivity index (χ0n) is 10.0. The van der Waals surface area contributed by atoms with E-state index in [1.165, 1.54) is 24.0 Å². The third-order valence-electron chi connectivity index (χ3n) is 3.88. The molecule has 0 unspecified atom stereocenters. The van der Waals surface area contributed by atoms with E-state index in [-0.39, 0.29) is 12.4 Å². The van der Waals surface area contributed by atoms with Gasteiger partial charge in [0.05, 0.1) is 0 Å². The van der Waals surface area contributed by atoms with Crippen molar-refractivity contribution in [2.45, 2.75) is 24.7 Å². The minimum absolute atomic E-state index is 0. The van der Waals surface area contributed by atoms with Crippen LogP contribution >= 0.6 is 12.4 Å². The number of nitrogens with one attached hydrogen (secondary N) is 1. The highest BCUT2D eigenvalue weighted by Gasteiger charge is 2.20. The lowest BCUT2D eigenvalue weighted by molar-refractivity contribution is 0.0853. The van der Waals surface area contributed by atoms with Crippen molar-refractivity contribution in [3.63, 3.8) is 0 Å². The van der Waals surface area contributed by atoms with Gasteiger partial charge in [-0.2, -0.15) is 0 Å². The average molecular weight is 254 g/mol. The smallest absolute Gasteiger partial charge is 0.0471 e. The minimum Gasteiger partial charge on any atom is -0.381 e. The van der Waals surface area contributed by atoms with Crippen LogP contribution in [0.25, 0.3) is 0 Å². The largest absolute Gasteiger partial charge is 0.381 e. The van der Waals surface area contributed by atoms with Crippen LogP contribution in [0.3, 0.4) is 0 Å². The molecule has 0 amide bonds. The maximum atomic E-state index is 5.40. The van der Waals surface area contributed by atoms with Gasteiger partial charge in [0.1, 0.15) is 0 Å². The van der Waals surface area contributed by atoms with Gasteiger partial charge in [0.2, 0.25) is 0 Å². The monoisotopic (exact) mass is 253 g/mol. The van der Waals surface area contributed by atoms with E-state index >= 15 is 0 Å². The third-order valence-corrected chi connectivity index (χ3v) is 3.88. The normalized spacial score (nSPS) is 21.6. The summed E-state index contributed by atoms with van der Waals surface area (Å²) in [6.07, 6.45) is 2.37. The van der Waals surface area contributed by atoms with Crippen molar-refractivity contribution in [1.29, 1.82) is 0 Å². The summed E-state index contributed by atoms with van der Waals surface area (Å²) in [5, 5.41) is 3.32. The maximum absolute atomic E-state index is 5.40. The Bertz CT molecular complexity index is 342. The Labute approximate surface area is 109 Å². The fraction of sp³-hybridized carbons (Fsp3) is 0.571. The van der Waals surface area contributed by atoms with Gasteiger partial charge in [0.15, 0.2) is 0 Å². The van der Waals surface area contributed by atoms with Crippen molar-refractivity contribution in [1.82, 2.24) is 5.32 Å². The summed E-state index contributed by atoms with van der Waals surface area (Å²) in [7, 11) is 0. The topological polar surface area (TPSA) is 21.3 Å². The first-order valence-electron chi connectivity index (χ1n) is 6.32. The van der Waals surface area contributed by atoms with Gasteiger partial charge in [-0.05, 0) is 29.9 Å². The third kappa shape index (κ3) is 2.82. The van der Waals surface area contributed by atoms with Crippen molar-refractivity contribution < 1.29 is 4.74 Å². The average Bonchev–Trinajstić information content (AvgIpc) is 2.29. The quantitative estimate of drug-likeness (QED) is 0.875. The molecular weight excluding hydrogens is 234 g/mol. The van der Waals surface area contributed by atoms with Gasteiger partial charge in [-0.15, -0.1) is 12.4 Å². The molecule has 2 heterocycles. The Morgan fingerprint density at radius 1 is 0.882 bits per heavy atom. The Hall–Kier alpha value is -0.570. The molecule has 2 nitrogen and oxygen atoms in total. The predicted molar refractivity (Wildman–Crippen MR) is 72.1 cm³/mol. The second kappa shape index (κ2) is 5.85. The molecule has 1 N–H and O–H groups in total. The highest BCUT2D eigenvalue weighted by Crippen LogP contribution is 2.28. The zero-order chi connectivity index (χ0) is 10.8. The Kier molecular flexibility index (Phi) is 4.43. The van der Waals surface area contributed by atoms with Crippen LogP contribution in [-0.2, 0) is 4.74 Å². The number of halogens is 1. The summed E-state index contributed by atoms with van der Waals surface area (Å²) in [5.41, 5.74) is 2.99. The number of ether oxygens (including phenoxy) is 1. The van der Waals surface area contributed by atoms with Crippen LogP contribution in [0, 0.1) is 0 Å². The number of hydrogen-bond acceptors (Lipinski definition) is 2. The molecule has 94 valence electrons. The zero-order valence-corrected chi connectivity index (χ0v) is 10.8. The lowest BCUT2D eigenvalue weighted by Gasteiger charge is -2.28. The molecule has 0 aromatic heterocycles. The Morgan fingerprint density at radius 2 is 1.41 bits per heavy atom. The number of benzene rings is 1. The molecule has 2 aliphatic heterocycles. The maximum Gasteiger partial charge on any atom is 0.0471 e. The van der Waals surface area contributed by atoms with E-state index in [1.54, 1.807) is 0 Å². The van der Waals surface area contributed by atoms with Gasteiger partial charge < -0.3 is 10.1 Å². The second-order valence-corrected chi connectivity index (χ2v) is 4.91. The van der Waals surface area contributed by atoms with Gasteiger partial charge in [0, 0.05) is 32.2 Å². The van der Waals surface area contributed by atoms with Crippen LogP contribution in [0.5, 0.6) is 0 Å². The molecule has 0 saturated carbocycles. The molecule has 0 aliphatic carbocycles. The van der Waals surface area contributed by atoms with Crippen LogP contribution in [0.4, 0.5) is 0 Å². The molecule has 3 rings (SSSR count). The van der Waals surface area contributed by atoms with Crippen LogP contribution in [0.15, 0.2) is 24.3 Å². The number of hydrogen-bond donors (Lipinski definition) is 1. The van der Waals surface area contributed by atoms with Crippen LogP contribution < -0.4 is 5.32 Å². The first-order valence-corrected chi connectivity index (χ1v) is 6.32. The first-order chi connectivity index (χ1) is 7.93.